The van der Waals surface area contributed by atoms with E-state index in [4.69, 9.17) is 4.42 Å². The lowest BCUT2D eigenvalue weighted by Crippen LogP contribution is -2.15. The van der Waals surface area contributed by atoms with Gasteiger partial charge in [0.2, 0.25) is 5.91 Å². The lowest BCUT2D eigenvalue weighted by Gasteiger charge is -2.06. The van der Waals surface area contributed by atoms with E-state index in [0.717, 1.165) is 27.7 Å². The van der Waals surface area contributed by atoms with Gasteiger partial charge in [-0.2, -0.15) is 0 Å². The Hall–Kier alpha value is -2.62. The molecule has 4 heteroatoms. The Morgan fingerprint density at radius 1 is 1.23 bits per heavy atom. The van der Waals surface area contributed by atoms with Gasteiger partial charge in [-0.05, 0) is 43.2 Å². The number of para-hydroxylation sites is 1. The molecule has 0 radical (unpaired) electrons. The molecule has 3 rings (SSSR count). The SMILES string of the molecule is Cc1cc(C)c2c(CC(=O)Nc3ccccc3F)coc2c1. The maximum absolute atomic E-state index is 13.6. The minimum atomic E-state index is -0.445. The molecule has 1 amide bonds. The predicted molar refractivity (Wildman–Crippen MR) is 84.4 cm³/mol. The molecule has 1 heterocycles. The summed E-state index contributed by atoms with van der Waals surface area (Å²) in [6.45, 7) is 3.99. The van der Waals surface area contributed by atoms with Crippen LogP contribution in [0.5, 0.6) is 0 Å². The Bertz CT molecular complexity index is 851. The summed E-state index contributed by atoms with van der Waals surface area (Å²) in [6.07, 6.45) is 1.74. The van der Waals surface area contributed by atoms with Crippen LogP contribution in [0.2, 0.25) is 0 Å². The highest BCUT2D eigenvalue weighted by Gasteiger charge is 2.14. The molecular formula is C18H16FNO2. The van der Waals surface area contributed by atoms with Gasteiger partial charge in [-0.15, -0.1) is 0 Å². The van der Waals surface area contributed by atoms with Gasteiger partial charge in [0.15, 0.2) is 0 Å². The summed E-state index contributed by atoms with van der Waals surface area (Å²) in [5, 5.41) is 3.54. The van der Waals surface area contributed by atoms with Crippen LogP contribution in [-0.2, 0) is 11.2 Å². The number of carbonyl (C=O) groups is 1. The van der Waals surface area contributed by atoms with Crippen LogP contribution in [0.25, 0.3) is 11.0 Å². The molecule has 0 unspecified atom stereocenters. The first-order valence-electron chi connectivity index (χ1n) is 7.06. The second-order valence-electron chi connectivity index (χ2n) is 5.42. The summed E-state index contributed by atoms with van der Waals surface area (Å²) < 4.78 is 19.1. The number of amides is 1. The Balaban J connectivity index is 1.84. The van der Waals surface area contributed by atoms with Gasteiger partial charge in [0.1, 0.15) is 11.4 Å². The molecule has 0 aliphatic rings. The first-order chi connectivity index (χ1) is 10.5. The maximum Gasteiger partial charge on any atom is 0.229 e. The van der Waals surface area contributed by atoms with Crippen molar-refractivity contribution in [2.45, 2.75) is 20.3 Å². The number of anilines is 1. The van der Waals surface area contributed by atoms with Crippen LogP contribution in [0.3, 0.4) is 0 Å². The van der Waals surface area contributed by atoms with Gasteiger partial charge in [-0.1, -0.05) is 18.2 Å². The summed E-state index contributed by atoms with van der Waals surface area (Å²) in [5.41, 5.74) is 3.94. The van der Waals surface area contributed by atoms with Crippen LogP contribution in [0, 0.1) is 19.7 Å². The van der Waals surface area contributed by atoms with Gasteiger partial charge in [0.25, 0.3) is 0 Å². The molecular weight excluding hydrogens is 281 g/mol. The Labute approximate surface area is 127 Å². The largest absolute Gasteiger partial charge is 0.464 e. The second-order valence-corrected chi connectivity index (χ2v) is 5.42. The Morgan fingerprint density at radius 3 is 2.77 bits per heavy atom. The highest BCUT2D eigenvalue weighted by atomic mass is 19.1. The van der Waals surface area contributed by atoms with Gasteiger partial charge in [-0.25, -0.2) is 4.39 Å². The lowest BCUT2D eigenvalue weighted by atomic mass is 10.0. The smallest absolute Gasteiger partial charge is 0.229 e. The number of rotatable bonds is 3. The van der Waals surface area contributed by atoms with Gasteiger partial charge in [0, 0.05) is 10.9 Å². The van der Waals surface area contributed by atoms with Crippen molar-refractivity contribution >= 4 is 22.6 Å². The lowest BCUT2D eigenvalue weighted by molar-refractivity contribution is -0.115. The molecule has 0 fully saturated rings. The first kappa shape index (κ1) is 14.3. The van der Waals surface area contributed by atoms with Gasteiger partial charge in [-0.3, -0.25) is 4.79 Å². The van der Waals surface area contributed by atoms with Crippen molar-refractivity contribution in [3.63, 3.8) is 0 Å². The highest BCUT2D eigenvalue weighted by molar-refractivity contribution is 5.96. The molecule has 3 nitrogen and oxygen atoms in total. The van der Waals surface area contributed by atoms with E-state index in [1.54, 1.807) is 18.4 Å². The summed E-state index contributed by atoms with van der Waals surface area (Å²) in [5.74, 6) is -0.715. The molecule has 0 saturated carbocycles. The fourth-order valence-corrected chi connectivity index (χ4v) is 2.69. The third kappa shape index (κ3) is 2.72. The number of fused-ring (bicyclic) bond motifs is 1. The standard InChI is InChI=1S/C18H16FNO2/c1-11-7-12(2)18-13(10-22-16(18)8-11)9-17(21)20-15-6-4-3-5-14(15)19/h3-8,10H,9H2,1-2H3,(H,20,21). The topological polar surface area (TPSA) is 42.2 Å². The number of hydrogen-bond acceptors (Lipinski definition) is 2. The minimum absolute atomic E-state index is 0.144. The molecule has 0 saturated heterocycles. The molecule has 112 valence electrons. The maximum atomic E-state index is 13.6. The van der Waals surface area contributed by atoms with E-state index < -0.39 is 5.82 Å². The van der Waals surface area contributed by atoms with E-state index >= 15 is 0 Å². The number of hydrogen-bond donors (Lipinski definition) is 1. The highest BCUT2D eigenvalue weighted by Crippen LogP contribution is 2.27. The second kappa shape index (κ2) is 5.64. The summed E-state index contributed by atoms with van der Waals surface area (Å²) in [7, 11) is 0. The van der Waals surface area contributed by atoms with Crippen molar-refractivity contribution in [1.29, 1.82) is 0 Å². The summed E-state index contributed by atoms with van der Waals surface area (Å²) >= 11 is 0. The van der Waals surface area contributed by atoms with Crippen molar-refractivity contribution in [3.05, 3.63) is 65.2 Å². The van der Waals surface area contributed by atoms with Crippen LogP contribution in [-0.4, -0.2) is 5.91 Å². The third-order valence-electron chi connectivity index (χ3n) is 3.59. The zero-order chi connectivity index (χ0) is 15.7. The zero-order valence-corrected chi connectivity index (χ0v) is 12.4. The van der Waals surface area contributed by atoms with Crippen molar-refractivity contribution in [2.75, 3.05) is 5.32 Å². The van der Waals surface area contributed by atoms with Crippen LogP contribution >= 0.6 is 0 Å². The Morgan fingerprint density at radius 2 is 2.00 bits per heavy atom. The average molecular weight is 297 g/mol. The van der Waals surface area contributed by atoms with Crippen molar-refractivity contribution < 1.29 is 13.6 Å². The molecule has 3 aromatic rings. The van der Waals surface area contributed by atoms with E-state index in [1.165, 1.54) is 12.1 Å². The number of carbonyl (C=O) groups excluding carboxylic acids is 1. The van der Waals surface area contributed by atoms with Crippen molar-refractivity contribution in [2.24, 2.45) is 0 Å². The number of furan rings is 1. The first-order valence-corrected chi connectivity index (χ1v) is 7.06. The molecule has 1 N–H and O–H groups in total. The van der Waals surface area contributed by atoms with E-state index in [9.17, 15) is 9.18 Å². The van der Waals surface area contributed by atoms with Gasteiger partial charge >= 0.3 is 0 Å². The number of benzene rings is 2. The monoisotopic (exact) mass is 297 g/mol. The fraction of sp³-hybridized carbons (Fsp3) is 0.167. The number of aryl methyl sites for hydroxylation is 2. The molecule has 0 aliphatic carbocycles. The third-order valence-corrected chi connectivity index (χ3v) is 3.59. The molecule has 22 heavy (non-hydrogen) atoms. The molecule has 2 aromatic carbocycles. The predicted octanol–water partition coefficient (Wildman–Crippen LogP) is 4.37. The van der Waals surface area contributed by atoms with E-state index in [2.05, 4.69) is 11.4 Å². The minimum Gasteiger partial charge on any atom is -0.464 e. The Kier molecular flexibility index (Phi) is 3.67. The molecule has 0 aliphatic heterocycles. The quantitative estimate of drug-likeness (QED) is 0.780. The van der Waals surface area contributed by atoms with Crippen LogP contribution in [0.15, 0.2) is 47.1 Å². The fourth-order valence-electron chi connectivity index (χ4n) is 2.69. The average Bonchev–Trinajstić information content (AvgIpc) is 2.84. The zero-order valence-electron chi connectivity index (χ0n) is 12.4. The number of halogens is 1. The van der Waals surface area contributed by atoms with E-state index in [0.29, 0.717) is 0 Å². The molecule has 0 atom stereocenters. The van der Waals surface area contributed by atoms with Gasteiger partial charge < -0.3 is 9.73 Å². The van der Waals surface area contributed by atoms with Crippen LogP contribution in [0.4, 0.5) is 10.1 Å². The summed E-state index contributed by atoms with van der Waals surface area (Å²) in [4.78, 5) is 12.1. The van der Waals surface area contributed by atoms with E-state index in [1.807, 2.05) is 19.9 Å². The molecule has 1 aromatic heterocycles. The van der Waals surface area contributed by atoms with Crippen LogP contribution in [0.1, 0.15) is 16.7 Å². The number of nitrogens with one attached hydrogen (secondary N) is 1. The van der Waals surface area contributed by atoms with Gasteiger partial charge in [0.05, 0.1) is 18.4 Å². The molecule has 0 spiro atoms. The van der Waals surface area contributed by atoms with Crippen molar-refractivity contribution in [3.8, 4) is 0 Å². The summed E-state index contributed by atoms with van der Waals surface area (Å²) in [6, 6.07) is 10.1. The van der Waals surface area contributed by atoms with Crippen LogP contribution < -0.4 is 5.32 Å². The van der Waals surface area contributed by atoms with E-state index in [-0.39, 0.29) is 18.0 Å². The normalized spacial score (nSPS) is 10.9. The molecule has 0 bridgehead atoms. The van der Waals surface area contributed by atoms with Crippen molar-refractivity contribution in [1.82, 2.24) is 0 Å².